The van der Waals surface area contributed by atoms with E-state index in [1.807, 2.05) is 38.1 Å². The Morgan fingerprint density at radius 1 is 1.35 bits per heavy atom. The summed E-state index contributed by atoms with van der Waals surface area (Å²) in [6, 6.07) is 7.69. The number of hydrogen-bond donors (Lipinski definition) is 0. The molecule has 1 heterocycles. The van der Waals surface area contributed by atoms with E-state index >= 15 is 0 Å². The van der Waals surface area contributed by atoms with Crippen LogP contribution in [0.15, 0.2) is 29.8 Å². The van der Waals surface area contributed by atoms with Gasteiger partial charge in [0.2, 0.25) is 5.79 Å². The smallest absolute Gasteiger partial charge is 0.208 e. The highest BCUT2D eigenvalue weighted by atomic mass is 35.5. The zero-order valence-corrected chi connectivity index (χ0v) is 12.6. The number of hydrogen-bond acceptors (Lipinski definition) is 3. The maximum absolute atomic E-state index is 11.2. The van der Waals surface area contributed by atoms with Crippen molar-refractivity contribution in [1.29, 1.82) is 0 Å². The number of fused-ring (bicyclic) bond motifs is 1. The van der Waals surface area contributed by atoms with Crippen LogP contribution in [0.3, 0.4) is 0 Å². The Morgan fingerprint density at radius 3 is 2.55 bits per heavy atom. The maximum atomic E-state index is 11.2. The van der Waals surface area contributed by atoms with Gasteiger partial charge in [-0.25, -0.2) is 4.79 Å². The molecule has 2 aliphatic rings. The van der Waals surface area contributed by atoms with Crippen LogP contribution in [0.2, 0.25) is 5.02 Å². The molecule has 1 aliphatic carbocycles. The summed E-state index contributed by atoms with van der Waals surface area (Å²) in [7, 11) is 1.64. The van der Waals surface area contributed by atoms with Gasteiger partial charge >= 0.3 is 0 Å². The standard InChI is InChI=1S/C16H17ClO3/c1-14(2)12(10-18)9-15(16(14,19-3)20-15)8-11-4-6-13(17)7-5-11/h4-7H,8-9H2,1-3H3. The second-order valence-electron chi connectivity index (χ2n) is 6.10. The van der Waals surface area contributed by atoms with E-state index in [0.29, 0.717) is 17.9 Å². The van der Waals surface area contributed by atoms with Crippen LogP contribution < -0.4 is 0 Å². The first-order valence-corrected chi connectivity index (χ1v) is 7.03. The quantitative estimate of drug-likeness (QED) is 0.634. The van der Waals surface area contributed by atoms with E-state index in [1.165, 1.54) is 0 Å². The molecule has 0 radical (unpaired) electrons. The summed E-state index contributed by atoms with van der Waals surface area (Å²) in [5.74, 6) is 1.36. The van der Waals surface area contributed by atoms with Crippen LogP contribution in [-0.2, 0) is 20.7 Å². The average molecular weight is 293 g/mol. The van der Waals surface area contributed by atoms with Gasteiger partial charge in [-0.1, -0.05) is 37.6 Å². The van der Waals surface area contributed by atoms with Crippen LogP contribution in [0.5, 0.6) is 0 Å². The fourth-order valence-electron chi connectivity index (χ4n) is 3.60. The van der Waals surface area contributed by atoms with Crippen molar-refractivity contribution in [3.8, 4) is 0 Å². The first-order chi connectivity index (χ1) is 9.41. The molecule has 1 saturated heterocycles. The fraction of sp³-hybridized carbons (Fsp3) is 0.500. The summed E-state index contributed by atoms with van der Waals surface area (Å²) in [4.78, 5) is 11.2. The Balaban J connectivity index is 1.95. The lowest BCUT2D eigenvalue weighted by Crippen LogP contribution is -2.36. The van der Waals surface area contributed by atoms with Gasteiger partial charge in [0, 0.05) is 30.5 Å². The minimum absolute atomic E-state index is 0.448. The van der Waals surface area contributed by atoms with Crippen LogP contribution >= 0.6 is 11.6 Å². The van der Waals surface area contributed by atoms with Gasteiger partial charge in [-0.05, 0) is 17.7 Å². The van der Waals surface area contributed by atoms with Crippen molar-refractivity contribution in [1.82, 2.24) is 0 Å². The van der Waals surface area contributed by atoms with Gasteiger partial charge in [0.15, 0.2) is 0 Å². The van der Waals surface area contributed by atoms with Crippen LogP contribution in [-0.4, -0.2) is 24.4 Å². The van der Waals surface area contributed by atoms with Crippen molar-refractivity contribution in [3.63, 3.8) is 0 Å². The molecular weight excluding hydrogens is 276 g/mol. The third-order valence-corrected chi connectivity index (χ3v) is 5.00. The number of rotatable bonds is 3. The lowest BCUT2D eigenvalue weighted by molar-refractivity contribution is -0.0761. The lowest BCUT2D eigenvalue weighted by atomic mass is 9.83. The minimum atomic E-state index is -0.716. The van der Waals surface area contributed by atoms with Crippen molar-refractivity contribution in [3.05, 3.63) is 40.4 Å². The second-order valence-corrected chi connectivity index (χ2v) is 6.54. The van der Waals surface area contributed by atoms with Crippen molar-refractivity contribution < 1.29 is 14.3 Å². The molecule has 0 amide bonds. The molecule has 1 aromatic rings. The summed E-state index contributed by atoms with van der Waals surface area (Å²) < 4.78 is 11.7. The van der Waals surface area contributed by atoms with Crippen molar-refractivity contribution >= 4 is 17.5 Å². The minimum Gasteiger partial charge on any atom is -0.350 e. The number of benzene rings is 1. The van der Waals surface area contributed by atoms with Crippen LogP contribution in [0.1, 0.15) is 25.8 Å². The van der Waals surface area contributed by atoms with E-state index in [4.69, 9.17) is 21.1 Å². The van der Waals surface area contributed by atoms with Crippen molar-refractivity contribution in [2.45, 2.75) is 38.1 Å². The molecule has 3 nitrogen and oxygen atoms in total. The molecular formula is C16H17ClO3. The monoisotopic (exact) mass is 292 g/mol. The molecule has 0 spiro atoms. The zero-order valence-electron chi connectivity index (χ0n) is 11.8. The largest absolute Gasteiger partial charge is 0.350 e. The summed E-state index contributed by atoms with van der Waals surface area (Å²) in [5, 5.41) is 0.709. The number of ether oxygens (including phenoxy) is 2. The van der Waals surface area contributed by atoms with E-state index in [9.17, 15) is 4.79 Å². The molecule has 1 saturated carbocycles. The Morgan fingerprint density at radius 2 is 2.00 bits per heavy atom. The Kier molecular flexibility index (Phi) is 2.90. The lowest BCUT2D eigenvalue weighted by Gasteiger charge is -2.27. The van der Waals surface area contributed by atoms with E-state index in [-0.39, 0.29) is 0 Å². The Labute approximate surface area is 123 Å². The van der Waals surface area contributed by atoms with Gasteiger partial charge in [0.05, 0.1) is 5.41 Å². The molecule has 0 aromatic heterocycles. The highest BCUT2D eigenvalue weighted by molar-refractivity contribution is 6.30. The summed E-state index contributed by atoms with van der Waals surface area (Å²) in [6.07, 6.45) is 1.27. The summed E-state index contributed by atoms with van der Waals surface area (Å²) >= 11 is 5.91. The molecule has 2 fully saturated rings. The van der Waals surface area contributed by atoms with E-state index in [1.54, 1.807) is 7.11 Å². The third-order valence-electron chi connectivity index (χ3n) is 4.75. The number of methoxy groups -OCH3 is 1. The molecule has 3 rings (SSSR count). The third kappa shape index (κ3) is 1.58. The highest BCUT2D eigenvalue weighted by Gasteiger charge is 2.82. The molecule has 1 aromatic carbocycles. The molecule has 106 valence electrons. The molecule has 2 atom stereocenters. The zero-order chi connectivity index (χ0) is 14.6. The summed E-state index contributed by atoms with van der Waals surface area (Å²) in [5.41, 5.74) is 0.956. The number of halogens is 1. The predicted molar refractivity (Wildman–Crippen MR) is 76.3 cm³/mol. The topological polar surface area (TPSA) is 38.8 Å². The normalized spacial score (nSPS) is 33.7. The fourth-order valence-corrected chi connectivity index (χ4v) is 3.72. The van der Waals surface area contributed by atoms with Gasteiger partial charge in [-0.2, -0.15) is 0 Å². The second kappa shape index (κ2) is 4.19. The van der Waals surface area contributed by atoms with Gasteiger partial charge in [0.25, 0.3) is 0 Å². The molecule has 4 heteroatoms. The van der Waals surface area contributed by atoms with Gasteiger partial charge < -0.3 is 9.47 Å². The molecule has 20 heavy (non-hydrogen) atoms. The van der Waals surface area contributed by atoms with Crippen molar-refractivity contribution in [2.24, 2.45) is 5.41 Å². The predicted octanol–water partition coefficient (Wildman–Crippen LogP) is 3.18. The van der Waals surface area contributed by atoms with E-state index in [0.717, 1.165) is 11.1 Å². The first-order valence-electron chi connectivity index (χ1n) is 6.65. The average Bonchev–Trinajstić information content (AvgIpc) is 3.03. The number of carbonyl (C=O) groups excluding carboxylic acids is 1. The molecule has 2 unspecified atom stereocenters. The SMILES string of the molecule is COC12OC1(Cc1ccc(Cl)cc1)CC(=C=O)C2(C)C. The maximum Gasteiger partial charge on any atom is 0.208 e. The highest BCUT2D eigenvalue weighted by Crippen LogP contribution is 2.70. The van der Waals surface area contributed by atoms with E-state index in [2.05, 4.69) is 5.94 Å². The Hall–Kier alpha value is -1.12. The van der Waals surface area contributed by atoms with Crippen LogP contribution in [0.4, 0.5) is 0 Å². The van der Waals surface area contributed by atoms with E-state index < -0.39 is 16.8 Å². The van der Waals surface area contributed by atoms with Gasteiger partial charge in [-0.3, -0.25) is 0 Å². The molecule has 0 bridgehead atoms. The van der Waals surface area contributed by atoms with Gasteiger partial charge in [0.1, 0.15) is 11.5 Å². The molecule has 0 N–H and O–H groups in total. The first kappa shape index (κ1) is 13.8. The van der Waals surface area contributed by atoms with Crippen LogP contribution in [0, 0.1) is 5.41 Å². The van der Waals surface area contributed by atoms with Crippen LogP contribution in [0.25, 0.3) is 0 Å². The summed E-state index contributed by atoms with van der Waals surface area (Å²) in [6.45, 7) is 3.96. The Bertz CT molecular complexity index is 601. The van der Waals surface area contributed by atoms with Gasteiger partial charge in [-0.15, -0.1) is 0 Å². The molecule has 1 aliphatic heterocycles. The van der Waals surface area contributed by atoms with Crippen molar-refractivity contribution in [2.75, 3.05) is 7.11 Å². The number of epoxide rings is 1.